The summed E-state index contributed by atoms with van der Waals surface area (Å²) in [7, 11) is 0. The summed E-state index contributed by atoms with van der Waals surface area (Å²) in [6.07, 6.45) is 4.42. The summed E-state index contributed by atoms with van der Waals surface area (Å²) in [5.41, 5.74) is 2.01. The van der Waals surface area contributed by atoms with Crippen molar-refractivity contribution in [3.63, 3.8) is 0 Å². The number of hydrogen-bond acceptors (Lipinski definition) is 3. The molecule has 0 unspecified atom stereocenters. The predicted molar refractivity (Wildman–Crippen MR) is 113 cm³/mol. The average molecular weight is 408 g/mol. The average Bonchev–Trinajstić information content (AvgIpc) is 3.04. The molecule has 0 aliphatic carbocycles. The Morgan fingerprint density at radius 3 is 2.48 bits per heavy atom. The number of anilines is 1. The van der Waals surface area contributed by atoms with Gasteiger partial charge in [0.1, 0.15) is 5.57 Å². The van der Waals surface area contributed by atoms with E-state index in [0.717, 1.165) is 34.3 Å². The third-order valence-corrected chi connectivity index (χ3v) is 5.02. The van der Waals surface area contributed by atoms with Gasteiger partial charge in [-0.1, -0.05) is 36.7 Å². The van der Waals surface area contributed by atoms with E-state index in [-0.39, 0.29) is 5.57 Å². The van der Waals surface area contributed by atoms with Crippen LogP contribution in [0.1, 0.15) is 18.9 Å². The van der Waals surface area contributed by atoms with Crippen LogP contribution in [-0.2, 0) is 16.1 Å². The summed E-state index contributed by atoms with van der Waals surface area (Å²) in [5.74, 6) is -1.38. The van der Waals surface area contributed by atoms with Crippen LogP contribution in [0.2, 0.25) is 5.02 Å². The molecular formula is C22H18ClN3O3. The molecule has 2 heterocycles. The van der Waals surface area contributed by atoms with Crippen molar-refractivity contribution in [3.8, 4) is 0 Å². The van der Waals surface area contributed by atoms with Crippen LogP contribution in [0.5, 0.6) is 0 Å². The highest BCUT2D eigenvalue weighted by atomic mass is 35.5. The molecule has 0 radical (unpaired) electrons. The molecule has 1 saturated heterocycles. The first-order valence-electron chi connectivity index (χ1n) is 9.24. The summed E-state index contributed by atoms with van der Waals surface area (Å²) in [5, 5.41) is 3.66. The van der Waals surface area contributed by atoms with Crippen LogP contribution in [0.3, 0.4) is 0 Å². The molecule has 0 spiro atoms. The minimum absolute atomic E-state index is 0.0982. The van der Waals surface area contributed by atoms with Gasteiger partial charge in [0.25, 0.3) is 11.8 Å². The van der Waals surface area contributed by atoms with E-state index in [1.807, 2.05) is 30.5 Å². The Balaban J connectivity index is 1.79. The lowest BCUT2D eigenvalue weighted by atomic mass is 10.1. The number of urea groups is 1. The van der Waals surface area contributed by atoms with E-state index in [0.29, 0.717) is 10.7 Å². The normalized spacial score (nSPS) is 16.0. The molecule has 146 valence electrons. The number of fused-ring (bicyclic) bond motifs is 1. The first-order chi connectivity index (χ1) is 14.0. The van der Waals surface area contributed by atoms with Crippen LogP contribution in [0.4, 0.5) is 10.5 Å². The zero-order valence-electron chi connectivity index (χ0n) is 15.7. The SMILES string of the molecule is CCCn1cc(C=C2C(=O)NC(=O)N(c3ccc(Cl)cc3)C2=O)c2ccccc21. The number of barbiturate groups is 1. The van der Waals surface area contributed by atoms with Crippen LogP contribution < -0.4 is 10.2 Å². The molecule has 1 aromatic heterocycles. The Kier molecular flexibility index (Phi) is 4.94. The van der Waals surface area contributed by atoms with E-state index < -0.39 is 17.8 Å². The van der Waals surface area contributed by atoms with Gasteiger partial charge in [-0.2, -0.15) is 0 Å². The summed E-state index contributed by atoms with van der Waals surface area (Å²) < 4.78 is 2.09. The van der Waals surface area contributed by atoms with Crippen molar-refractivity contribution < 1.29 is 14.4 Å². The predicted octanol–water partition coefficient (Wildman–Crippen LogP) is 4.37. The summed E-state index contributed by atoms with van der Waals surface area (Å²) in [4.78, 5) is 38.7. The lowest BCUT2D eigenvalue weighted by Gasteiger charge is -2.26. The number of aromatic nitrogens is 1. The number of carbonyl (C=O) groups is 3. The number of halogens is 1. The van der Waals surface area contributed by atoms with Gasteiger partial charge in [-0.15, -0.1) is 0 Å². The third kappa shape index (κ3) is 3.43. The molecule has 1 aliphatic rings. The number of rotatable bonds is 4. The summed E-state index contributed by atoms with van der Waals surface area (Å²) in [6.45, 7) is 2.90. The van der Waals surface area contributed by atoms with Gasteiger partial charge in [-0.25, -0.2) is 9.69 Å². The monoisotopic (exact) mass is 407 g/mol. The van der Waals surface area contributed by atoms with Gasteiger partial charge < -0.3 is 4.57 Å². The highest BCUT2D eigenvalue weighted by Crippen LogP contribution is 2.27. The van der Waals surface area contributed by atoms with E-state index in [1.54, 1.807) is 30.3 Å². The maximum atomic E-state index is 13.0. The number of amides is 4. The van der Waals surface area contributed by atoms with Gasteiger partial charge >= 0.3 is 6.03 Å². The van der Waals surface area contributed by atoms with Crippen molar-refractivity contribution >= 4 is 52.1 Å². The molecule has 0 atom stereocenters. The number of aryl methyl sites for hydroxylation is 1. The second-order valence-corrected chi connectivity index (χ2v) is 7.17. The third-order valence-electron chi connectivity index (χ3n) is 4.77. The zero-order chi connectivity index (χ0) is 20.5. The largest absolute Gasteiger partial charge is 0.347 e. The van der Waals surface area contributed by atoms with Gasteiger partial charge in [-0.3, -0.25) is 14.9 Å². The lowest BCUT2D eigenvalue weighted by molar-refractivity contribution is -0.122. The molecular weight excluding hydrogens is 390 g/mol. The Morgan fingerprint density at radius 2 is 1.76 bits per heavy atom. The quantitative estimate of drug-likeness (QED) is 0.515. The van der Waals surface area contributed by atoms with Crippen molar-refractivity contribution in [2.45, 2.75) is 19.9 Å². The molecule has 1 aliphatic heterocycles. The molecule has 7 heteroatoms. The molecule has 4 amide bonds. The van der Waals surface area contributed by atoms with Crippen LogP contribution in [-0.4, -0.2) is 22.4 Å². The van der Waals surface area contributed by atoms with Crippen molar-refractivity contribution in [3.05, 3.63) is 70.9 Å². The van der Waals surface area contributed by atoms with Gasteiger partial charge in [-0.05, 0) is 42.8 Å². The molecule has 1 N–H and O–H groups in total. The van der Waals surface area contributed by atoms with Crippen LogP contribution >= 0.6 is 11.6 Å². The molecule has 29 heavy (non-hydrogen) atoms. The second-order valence-electron chi connectivity index (χ2n) is 6.73. The maximum Gasteiger partial charge on any atom is 0.335 e. The number of nitrogens with one attached hydrogen (secondary N) is 1. The zero-order valence-corrected chi connectivity index (χ0v) is 16.4. The molecule has 2 aromatic carbocycles. The van der Waals surface area contributed by atoms with E-state index >= 15 is 0 Å². The van der Waals surface area contributed by atoms with E-state index in [1.165, 1.54) is 0 Å². The first kappa shape index (κ1) is 19.0. The van der Waals surface area contributed by atoms with E-state index in [9.17, 15) is 14.4 Å². The Bertz CT molecular complexity index is 1160. The van der Waals surface area contributed by atoms with Crippen molar-refractivity contribution in [1.29, 1.82) is 0 Å². The molecule has 0 saturated carbocycles. The van der Waals surface area contributed by atoms with Gasteiger partial charge in [0.2, 0.25) is 0 Å². The molecule has 3 aromatic rings. The molecule has 0 bridgehead atoms. The van der Waals surface area contributed by atoms with Crippen molar-refractivity contribution in [2.75, 3.05) is 4.90 Å². The fraction of sp³-hybridized carbons (Fsp3) is 0.136. The Morgan fingerprint density at radius 1 is 1.03 bits per heavy atom. The maximum absolute atomic E-state index is 13.0. The van der Waals surface area contributed by atoms with Gasteiger partial charge in [0, 0.05) is 34.2 Å². The Labute approximate surface area is 172 Å². The smallest absolute Gasteiger partial charge is 0.335 e. The van der Waals surface area contributed by atoms with Crippen LogP contribution in [0.25, 0.3) is 17.0 Å². The fourth-order valence-electron chi connectivity index (χ4n) is 3.45. The topological polar surface area (TPSA) is 71.4 Å². The second kappa shape index (κ2) is 7.56. The fourth-order valence-corrected chi connectivity index (χ4v) is 3.58. The minimum Gasteiger partial charge on any atom is -0.347 e. The lowest BCUT2D eigenvalue weighted by Crippen LogP contribution is -2.54. The van der Waals surface area contributed by atoms with E-state index in [4.69, 9.17) is 11.6 Å². The molecule has 4 rings (SSSR count). The number of hydrogen-bond donors (Lipinski definition) is 1. The number of para-hydroxylation sites is 1. The Hall–Kier alpha value is -3.38. The summed E-state index contributed by atoms with van der Waals surface area (Å²) >= 11 is 5.89. The number of benzene rings is 2. The molecule has 1 fully saturated rings. The number of carbonyl (C=O) groups excluding carboxylic acids is 3. The highest BCUT2D eigenvalue weighted by molar-refractivity contribution is 6.39. The van der Waals surface area contributed by atoms with Crippen molar-refractivity contribution in [1.82, 2.24) is 9.88 Å². The first-order valence-corrected chi connectivity index (χ1v) is 9.62. The molecule has 6 nitrogen and oxygen atoms in total. The van der Waals surface area contributed by atoms with Crippen molar-refractivity contribution in [2.24, 2.45) is 0 Å². The van der Waals surface area contributed by atoms with E-state index in [2.05, 4.69) is 16.8 Å². The number of imide groups is 2. The van der Waals surface area contributed by atoms with Gasteiger partial charge in [0.05, 0.1) is 5.69 Å². The standard InChI is InChI=1S/C22H18ClN3O3/c1-2-11-25-13-14(17-5-3-4-6-19(17)25)12-18-20(27)24-22(29)26(21(18)28)16-9-7-15(23)8-10-16/h3-10,12-13H,2,11H2,1H3,(H,24,27,29). The van der Waals surface area contributed by atoms with Crippen LogP contribution in [0, 0.1) is 0 Å². The highest BCUT2D eigenvalue weighted by Gasteiger charge is 2.36. The van der Waals surface area contributed by atoms with Crippen LogP contribution in [0.15, 0.2) is 60.3 Å². The minimum atomic E-state index is -0.784. The summed E-state index contributed by atoms with van der Waals surface area (Å²) in [6, 6.07) is 13.3. The van der Waals surface area contributed by atoms with Gasteiger partial charge in [0.15, 0.2) is 0 Å². The number of nitrogens with zero attached hydrogens (tertiary/aromatic N) is 2.